The molecule has 2 aliphatic heterocycles. The first-order chi connectivity index (χ1) is 19.2. The second-order valence-corrected chi connectivity index (χ2v) is 14.0. The number of imide groups is 1. The van der Waals surface area contributed by atoms with E-state index in [-0.39, 0.29) is 40.4 Å². The summed E-state index contributed by atoms with van der Waals surface area (Å²) in [4.78, 5) is 51.6. The number of benzene rings is 2. The molecule has 0 aromatic heterocycles. The van der Waals surface area contributed by atoms with E-state index in [9.17, 15) is 19.2 Å². The van der Waals surface area contributed by atoms with E-state index in [4.69, 9.17) is 74.3 Å². The van der Waals surface area contributed by atoms with E-state index in [1.54, 1.807) is 11.8 Å². The van der Waals surface area contributed by atoms with E-state index in [0.717, 1.165) is 10.5 Å². The van der Waals surface area contributed by atoms with Gasteiger partial charge in [-0.15, -0.1) is 23.2 Å². The third-order valence-electron chi connectivity index (χ3n) is 8.34. The van der Waals surface area contributed by atoms with Crippen LogP contribution in [0, 0.1) is 31.6 Å². The fourth-order valence-electron chi connectivity index (χ4n) is 6.21. The zero-order chi connectivity index (χ0) is 29.8. The first-order valence-electron chi connectivity index (χ1n) is 12.5. The number of anilines is 2. The lowest BCUT2D eigenvalue weighted by Crippen LogP contribution is -2.50. The molecule has 13 heteroatoms. The minimum absolute atomic E-state index is 0.0193. The molecule has 3 amide bonds. The summed E-state index contributed by atoms with van der Waals surface area (Å²) in [6, 6.07) is 11.9. The van der Waals surface area contributed by atoms with Gasteiger partial charge in [-0.1, -0.05) is 64.1 Å². The molecular weight excluding hydrogens is 657 g/mol. The van der Waals surface area contributed by atoms with Gasteiger partial charge in [0.15, 0.2) is 4.33 Å². The van der Waals surface area contributed by atoms with Gasteiger partial charge in [0.05, 0.1) is 33.5 Å². The molecule has 2 saturated heterocycles. The van der Waals surface area contributed by atoms with Crippen molar-refractivity contribution >= 4 is 105 Å². The molecule has 7 nitrogen and oxygen atoms in total. The number of amides is 3. The van der Waals surface area contributed by atoms with Crippen LogP contribution in [0.5, 0.6) is 5.75 Å². The molecule has 2 bridgehead atoms. The molecule has 0 unspecified atom stereocenters. The lowest BCUT2D eigenvalue weighted by atomic mass is 9.84. The Morgan fingerprint density at radius 3 is 1.98 bits per heavy atom. The fraction of sp³-hybridized carbons (Fsp3) is 0.357. The van der Waals surface area contributed by atoms with Gasteiger partial charge in [0.1, 0.15) is 15.5 Å². The number of hydrogen-bond donors (Lipinski definition) is 0. The molecule has 3 fully saturated rings. The van der Waals surface area contributed by atoms with Crippen LogP contribution < -0.4 is 14.5 Å². The summed E-state index contributed by atoms with van der Waals surface area (Å²) in [5.41, 5.74) is 2.46. The van der Waals surface area contributed by atoms with Crippen molar-refractivity contribution in [1.29, 1.82) is 0 Å². The standard InChI is InChI=1S/C28H20Cl6N2O5/c1-12-3-5-15(6-4-12)35-11-14(10-18(35)37)25(40)41-16-7-8-17(13(2)9-16)36-23(38)19-20(24(36)39)27(32)22(30)21(29)26(19,31)28(27,33)34/h3-9,14,19-20H,10-11H2,1-2H3/t14-,19-,20-,26-,27-/m1/s1. The van der Waals surface area contributed by atoms with Crippen LogP contribution in [0.15, 0.2) is 52.5 Å². The van der Waals surface area contributed by atoms with Crippen LogP contribution in [0.1, 0.15) is 17.5 Å². The van der Waals surface area contributed by atoms with Gasteiger partial charge in [0.25, 0.3) is 0 Å². The minimum atomic E-state index is -2.02. The Morgan fingerprint density at radius 2 is 1.44 bits per heavy atom. The maximum Gasteiger partial charge on any atom is 0.316 e. The van der Waals surface area contributed by atoms with Crippen LogP contribution >= 0.6 is 69.6 Å². The zero-order valence-electron chi connectivity index (χ0n) is 21.4. The third kappa shape index (κ3) is 3.72. The summed E-state index contributed by atoms with van der Waals surface area (Å²) >= 11 is 39.4. The van der Waals surface area contributed by atoms with E-state index < -0.39 is 49.6 Å². The number of hydrogen-bond acceptors (Lipinski definition) is 5. The average Bonchev–Trinajstić information content (AvgIpc) is 3.50. The van der Waals surface area contributed by atoms with Gasteiger partial charge < -0.3 is 9.64 Å². The van der Waals surface area contributed by atoms with Gasteiger partial charge in [0, 0.05) is 18.7 Å². The quantitative estimate of drug-likeness (QED) is 0.166. The Labute approximate surface area is 265 Å². The monoisotopic (exact) mass is 674 g/mol. The van der Waals surface area contributed by atoms with Crippen molar-refractivity contribution in [2.45, 2.75) is 34.3 Å². The fourth-order valence-corrected chi connectivity index (χ4v) is 9.14. The molecule has 2 aromatic carbocycles. The number of ether oxygens (including phenoxy) is 1. The SMILES string of the molecule is Cc1ccc(N2C[C@H](C(=O)Oc3ccc(N4C(=O)[C@H]5[C@H](C4=O)[C@@]4(Cl)C(Cl)=C(Cl)[C@@]5(Cl)C4(Cl)Cl)c(C)c3)CC2=O)cc1. The number of esters is 1. The number of allylic oxidation sites excluding steroid dienone is 2. The molecule has 4 aliphatic rings. The number of carbonyl (C=O) groups is 4. The van der Waals surface area contributed by atoms with E-state index in [0.29, 0.717) is 11.3 Å². The maximum absolute atomic E-state index is 13.7. The molecule has 2 aromatic rings. The minimum Gasteiger partial charge on any atom is -0.426 e. The highest BCUT2D eigenvalue weighted by atomic mass is 35.5. The highest BCUT2D eigenvalue weighted by Gasteiger charge is 2.87. The largest absolute Gasteiger partial charge is 0.426 e. The van der Waals surface area contributed by atoms with Crippen molar-refractivity contribution in [2.24, 2.45) is 17.8 Å². The molecule has 41 heavy (non-hydrogen) atoms. The van der Waals surface area contributed by atoms with Crippen molar-refractivity contribution in [2.75, 3.05) is 16.3 Å². The molecule has 0 N–H and O–H groups in total. The molecule has 2 aliphatic carbocycles. The lowest BCUT2D eigenvalue weighted by Gasteiger charge is -2.34. The van der Waals surface area contributed by atoms with Crippen LogP contribution in [0.3, 0.4) is 0 Å². The van der Waals surface area contributed by atoms with Crippen molar-refractivity contribution in [3.05, 3.63) is 63.7 Å². The first kappa shape index (κ1) is 29.1. The van der Waals surface area contributed by atoms with Gasteiger partial charge in [-0.05, 0) is 49.7 Å². The predicted octanol–water partition coefficient (Wildman–Crippen LogP) is 6.21. The van der Waals surface area contributed by atoms with E-state index >= 15 is 0 Å². The summed E-state index contributed by atoms with van der Waals surface area (Å²) in [5.74, 6) is -5.09. The Bertz CT molecular complexity index is 1550. The Kier molecular flexibility index (Phi) is 6.74. The van der Waals surface area contributed by atoms with Gasteiger partial charge in [-0.2, -0.15) is 0 Å². The lowest BCUT2D eigenvalue weighted by molar-refractivity contribution is -0.139. The highest BCUT2D eigenvalue weighted by Crippen LogP contribution is 2.77. The van der Waals surface area contributed by atoms with Crippen LogP contribution in [0.25, 0.3) is 0 Å². The normalized spacial score (nSPS) is 31.9. The van der Waals surface area contributed by atoms with Crippen LogP contribution in [-0.4, -0.2) is 44.3 Å². The molecule has 5 atom stereocenters. The molecule has 214 valence electrons. The number of rotatable bonds is 4. The van der Waals surface area contributed by atoms with Gasteiger partial charge in [-0.25, -0.2) is 4.90 Å². The van der Waals surface area contributed by atoms with Crippen LogP contribution in [0.4, 0.5) is 11.4 Å². The average molecular weight is 677 g/mol. The van der Waals surface area contributed by atoms with E-state index in [2.05, 4.69) is 0 Å². The molecule has 0 spiro atoms. The number of aryl methyl sites for hydroxylation is 2. The number of halogens is 6. The Morgan fingerprint density at radius 1 is 0.878 bits per heavy atom. The molecule has 1 saturated carbocycles. The van der Waals surface area contributed by atoms with Crippen molar-refractivity contribution in [3.8, 4) is 5.75 Å². The molecular formula is C28H20Cl6N2O5. The van der Waals surface area contributed by atoms with Crippen molar-refractivity contribution in [1.82, 2.24) is 0 Å². The summed E-state index contributed by atoms with van der Waals surface area (Å²) in [5, 5.41) is -0.342. The predicted molar refractivity (Wildman–Crippen MR) is 158 cm³/mol. The summed E-state index contributed by atoms with van der Waals surface area (Å²) < 4.78 is 3.56. The molecule has 2 heterocycles. The zero-order valence-corrected chi connectivity index (χ0v) is 25.9. The smallest absolute Gasteiger partial charge is 0.316 e. The molecule has 6 rings (SSSR count). The van der Waals surface area contributed by atoms with Crippen LogP contribution in [0.2, 0.25) is 0 Å². The van der Waals surface area contributed by atoms with Crippen LogP contribution in [-0.2, 0) is 19.2 Å². The van der Waals surface area contributed by atoms with Crippen molar-refractivity contribution < 1.29 is 23.9 Å². The summed E-state index contributed by atoms with van der Waals surface area (Å²) in [7, 11) is 0. The Hall–Kier alpha value is -2.00. The first-order valence-corrected chi connectivity index (χ1v) is 14.8. The summed E-state index contributed by atoms with van der Waals surface area (Å²) in [6.07, 6.45) is 0.0193. The topological polar surface area (TPSA) is 84.0 Å². The summed E-state index contributed by atoms with van der Waals surface area (Å²) in [6.45, 7) is 3.79. The molecule has 0 radical (unpaired) electrons. The second kappa shape index (κ2) is 9.50. The number of alkyl halides is 4. The number of nitrogens with zero attached hydrogens (tertiary/aromatic N) is 2. The Balaban J connectivity index is 1.21. The number of fused-ring (bicyclic) bond motifs is 5. The van der Waals surface area contributed by atoms with E-state index in [1.165, 1.54) is 18.2 Å². The number of carbonyl (C=O) groups excluding carboxylic acids is 4. The highest BCUT2D eigenvalue weighted by molar-refractivity contribution is 6.67. The van der Waals surface area contributed by atoms with E-state index in [1.807, 2.05) is 31.2 Å². The van der Waals surface area contributed by atoms with Gasteiger partial charge >= 0.3 is 5.97 Å². The maximum atomic E-state index is 13.7. The van der Waals surface area contributed by atoms with Crippen molar-refractivity contribution in [3.63, 3.8) is 0 Å². The van der Waals surface area contributed by atoms with Gasteiger partial charge in [-0.3, -0.25) is 19.2 Å². The third-order valence-corrected chi connectivity index (χ3v) is 12.6. The van der Waals surface area contributed by atoms with Gasteiger partial charge in [0.2, 0.25) is 17.7 Å². The second-order valence-electron chi connectivity index (χ2n) is 10.7.